The molecule has 1 aliphatic rings. The summed E-state index contributed by atoms with van der Waals surface area (Å²) in [7, 11) is 1.65. The van der Waals surface area contributed by atoms with Crippen LogP contribution in [-0.2, 0) is 11.3 Å². The number of rotatable bonds is 5. The van der Waals surface area contributed by atoms with Crippen molar-refractivity contribution in [3.63, 3.8) is 0 Å². The van der Waals surface area contributed by atoms with Gasteiger partial charge in [0.05, 0.1) is 5.69 Å². The van der Waals surface area contributed by atoms with Crippen LogP contribution in [0.4, 0.5) is 11.1 Å². The van der Waals surface area contributed by atoms with Crippen LogP contribution in [0.3, 0.4) is 0 Å². The average molecular weight is 369 g/mol. The molecule has 1 saturated heterocycles. The fourth-order valence-electron chi connectivity index (χ4n) is 2.83. The van der Waals surface area contributed by atoms with Gasteiger partial charge >= 0.3 is 0 Å². The van der Waals surface area contributed by atoms with Crippen LogP contribution < -0.4 is 9.80 Å². The van der Waals surface area contributed by atoms with E-state index in [2.05, 4.69) is 29.1 Å². The summed E-state index contributed by atoms with van der Waals surface area (Å²) in [5.74, 6) is 1.49. The van der Waals surface area contributed by atoms with Crippen molar-refractivity contribution in [3.8, 4) is 11.3 Å². The molecular formula is C17H19N7OS. The molecule has 4 rings (SSSR count). The quantitative estimate of drug-likeness (QED) is 0.674. The lowest BCUT2D eigenvalue weighted by atomic mass is 10.2. The van der Waals surface area contributed by atoms with Crippen LogP contribution in [0, 0.1) is 0 Å². The van der Waals surface area contributed by atoms with Gasteiger partial charge in [0, 0.05) is 69.0 Å². The monoisotopic (exact) mass is 369 g/mol. The van der Waals surface area contributed by atoms with Gasteiger partial charge in [0.25, 0.3) is 0 Å². The lowest BCUT2D eigenvalue weighted by Gasteiger charge is -2.34. The van der Waals surface area contributed by atoms with Crippen molar-refractivity contribution in [2.24, 2.45) is 0 Å². The Morgan fingerprint density at radius 2 is 1.92 bits per heavy atom. The van der Waals surface area contributed by atoms with Gasteiger partial charge in [-0.25, -0.2) is 15.0 Å². The average Bonchev–Trinajstić information content (AvgIpc) is 3.18. The van der Waals surface area contributed by atoms with Gasteiger partial charge in [-0.2, -0.15) is 4.37 Å². The molecule has 0 atom stereocenters. The highest BCUT2D eigenvalue weighted by Crippen LogP contribution is 2.22. The van der Waals surface area contributed by atoms with Crippen molar-refractivity contribution in [3.05, 3.63) is 42.6 Å². The van der Waals surface area contributed by atoms with E-state index in [-0.39, 0.29) is 0 Å². The number of ether oxygens (including phenoxy) is 1. The molecule has 0 spiro atoms. The Kier molecular flexibility index (Phi) is 4.98. The number of hydrogen-bond acceptors (Lipinski definition) is 9. The Labute approximate surface area is 155 Å². The minimum Gasteiger partial charge on any atom is -0.377 e. The Morgan fingerprint density at radius 1 is 1.08 bits per heavy atom. The van der Waals surface area contributed by atoms with E-state index in [1.807, 2.05) is 24.4 Å². The first-order valence-corrected chi connectivity index (χ1v) is 9.15. The molecule has 0 aromatic carbocycles. The van der Waals surface area contributed by atoms with E-state index >= 15 is 0 Å². The standard InChI is InChI=1S/C17H19N7OS/c1-25-12-15-21-17(26-22-15)24-9-7-23(8-10-24)16-19-6-4-14(20-16)13-3-2-5-18-11-13/h2-6,11H,7-10,12H2,1H3. The molecule has 1 fully saturated rings. The second kappa shape index (κ2) is 7.71. The molecule has 0 radical (unpaired) electrons. The summed E-state index contributed by atoms with van der Waals surface area (Å²) < 4.78 is 9.41. The van der Waals surface area contributed by atoms with Crippen molar-refractivity contribution < 1.29 is 4.74 Å². The highest BCUT2D eigenvalue weighted by molar-refractivity contribution is 7.09. The maximum atomic E-state index is 5.09. The number of pyridine rings is 1. The van der Waals surface area contributed by atoms with E-state index in [1.54, 1.807) is 19.5 Å². The number of aromatic nitrogens is 5. The molecule has 8 nitrogen and oxygen atoms in total. The summed E-state index contributed by atoms with van der Waals surface area (Å²) in [5.41, 5.74) is 1.88. The van der Waals surface area contributed by atoms with Gasteiger partial charge in [-0.15, -0.1) is 0 Å². The molecular weight excluding hydrogens is 350 g/mol. The normalized spacial score (nSPS) is 14.7. The van der Waals surface area contributed by atoms with Crippen molar-refractivity contribution in [1.29, 1.82) is 0 Å². The highest BCUT2D eigenvalue weighted by Gasteiger charge is 2.22. The van der Waals surface area contributed by atoms with Gasteiger partial charge in [-0.05, 0) is 18.2 Å². The van der Waals surface area contributed by atoms with E-state index in [4.69, 9.17) is 9.72 Å². The lowest BCUT2D eigenvalue weighted by Crippen LogP contribution is -2.47. The summed E-state index contributed by atoms with van der Waals surface area (Å²) in [4.78, 5) is 22.3. The second-order valence-corrected chi connectivity index (χ2v) is 6.61. The van der Waals surface area contributed by atoms with E-state index in [1.165, 1.54) is 11.5 Å². The number of methoxy groups -OCH3 is 1. The van der Waals surface area contributed by atoms with E-state index in [0.717, 1.165) is 54.3 Å². The predicted octanol–water partition coefficient (Wildman–Crippen LogP) is 1.86. The fourth-order valence-corrected chi connectivity index (χ4v) is 3.56. The first-order valence-electron chi connectivity index (χ1n) is 8.38. The minimum absolute atomic E-state index is 0.450. The largest absolute Gasteiger partial charge is 0.377 e. The van der Waals surface area contributed by atoms with Gasteiger partial charge in [0.2, 0.25) is 11.1 Å². The van der Waals surface area contributed by atoms with Crippen molar-refractivity contribution in [2.45, 2.75) is 6.61 Å². The second-order valence-electron chi connectivity index (χ2n) is 5.88. The fraction of sp³-hybridized carbons (Fsp3) is 0.353. The maximum absolute atomic E-state index is 5.09. The van der Waals surface area contributed by atoms with E-state index < -0.39 is 0 Å². The topological polar surface area (TPSA) is 80.2 Å². The number of nitrogens with zero attached hydrogens (tertiary/aromatic N) is 7. The Balaban J connectivity index is 1.43. The van der Waals surface area contributed by atoms with Crippen LogP contribution in [0.15, 0.2) is 36.8 Å². The first-order chi connectivity index (χ1) is 12.8. The van der Waals surface area contributed by atoms with Crippen LogP contribution in [0.5, 0.6) is 0 Å². The molecule has 3 aromatic rings. The molecule has 134 valence electrons. The lowest BCUT2D eigenvalue weighted by molar-refractivity contribution is 0.179. The minimum atomic E-state index is 0.450. The Hall–Kier alpha value is -2.65. The summed E-state index contributed by atoms with van der Waals surface area (Å²) in [6.45, 7) is 3.86. The van der Waals surface area contributed by atoms with Crippen LogP contribution in [-0.4, -0.2) is 57.6 Å². The molecule has 9 heteroatoms. The summed E-state index contributed by atoms with van der Waals surface area (Å²) >= 11 is 1.42. The van der Waals surface area contributed by atoms with E-state index in [9.17, 15) is 0 Å². The first kappa shape index (κ1) is 16.8. The van der Waals surface area contributed by atoms with Crippen LogP contribution >= 0.6 is 11.5 Å². The summed E-state index contributed by atoms with van der Waals surface area (Å²) in [6, 6.07) is 5.83. The van der Waals surface area contributed by atoms with Crippen LogP contribution in [0.1, 0.15) is 5.82 Å². The third kappa shape index (κ3) is 3.63. The van der Waals surface area contributed by atoms with Gasteiger partial charge in [0.15, 0.2) is 5.82 Å². The molecule has 0 aliphatic carbocycles. The van der Waals surface area contributed by atoms with Gasteiger partial charge in [0.1, 0.15) is 6.61 Å². The smallest absolute Gasteiger partial charge is 0.225 e. The Bertz CT molecular complexity index is 849. The number of piperazine rings is 1. The zero-order chi connectivity index (χ0) is 17.8. The third-order valence-corrected chi connectivity index (χ3v) is 4.98. The molecule has 0 unspecified atom stereocenters. The van der Waals surface area contributed by atoms with Crippen molar-refractivity contribution in [1.82, 2.24) is 24.3 Å². The van der Waals surface area contributed by atoms with Crippen LogP contribution in [0.25, 0.3) is 11.3 Å². The Morgan fingerprint density at radius 3 is 2.69 bits per heavy atom. The number of hydrogen-bond donors (Lipinski definition) is 0. The molecule has 4 heterocycles. The van der Waals surface area contributed by atoms with Crippen LogP contribution in [0.2, 0.25) is 0 Å². The van der Waals surface area contributed by atoms with Gasteiger partial charge in [-0.1, -0.05) is 0 Å². The van der Waals surface area contributed by atoms with E-state index in [0.29, 0.717) is 6.61 Å². The highest BCUT2D eigenvalue weighted by atomic mass is 32.1. The summed E-state index contributed by atoms with van der Waals surface area (Å²) in [5, 5.41) is 0.946. The molecule has 26 heavy (non-hydrogen) atoms. The molecule has 0 amide bonds. The molecule has 0 bridgehead atoms. The molecule has 1 aliphatic heterocycles. The molecule has 0 saturated carbocycles. The van der Waals surface area contributed by atoms with Crippen molar-refractivity contribution in [2.75, 3.05) is 43.1 Å². The van der Waals surface area contributed by atoms with Gasteiger partial charge < -0.3 is 14.5 Å². The van der Waals surface area contributed by atoms with Gasteiger partial charge in [-0.3, -0.25) is 4.98 Å². The maximum Gasteiger partial charge on any atom is 0.225 e. The zero-order valence-corrected chi connectivity index (χ0v) is 15.3. The molecule has 3 aromatic heterocycles. The SMILES string of the molecule is COCc1nsc(N2CCN(c3nccc(-c4cccnc4)n3)CC2)n1. The number of anilines is 2. The van der Waals surface area contributed by atoms with Crippen molar-refractivity contribution >= 4 is 22.6 Å². The molecule has 0 N–H and O–H groups in total. The third-order valence-electron chi connectivity index (χ3n) is 4.16. The summed E-state index contributed by atoms with van der Waals surface area (Å²) in [6.07, 6.45) is 5.38. The predicted molar refractivity (Wildman–Crippen MR) is 100 cm³/mol. The zero-order valence-electron chi connectivity index (χ0n) is 14.4.